The average molecular weight is 243 g/mol. The molecule has 0 aliphatic carbocycles. The molecule has 0 saturated carbocycles. The van der Waals surface area contributed by atoms with E-state index in [4.69, 9.17) is 0 Å². The summed E-state index contributed by atoms with van der Waals surface area (Å²) in [6.07, 6.45) is 0.899. The van der Waals surface area contributed by atoms with Crippen molar-refractivity contribution >= 4 is 11.5 Å². The highest BCUT2D eigenvalue weighted by Gasteiger charge is 2.38. The van der Waals surface area contributed by atoms with Crippen LogP contribution in [0.15, 0.2) is 35.3 Å². The Kier molecular flexibility index (Phi) is 3.38. The molecule has 1 aliphatic heterocycles. The van der Waals surface area contributed by atoms with E-state index in [9.17, 15) is 4.79 Å². The third-order valence-electron chi connectivity index (χ3n) is 3.49. The van der Waals surface area contributed by atoms with Crippen molar-refractivity contribution in [3.63, 3.8) is 0 Å². The third-order valence-corrected chi connectivity index (χ3v) is 3.49. The van der Waals surface area contributed by atoms with E-state index in [0.29, 0.717) is 0 Å². The van der Waals surface area contributed by atoms with Crippen molar-refractivity contribution < 1.29 is 4.79 Å². The number of carbonyl (C=O) groups is 1. The first-order chi connectivity index (χ1) is 8.39. The first-order valence-corrected chi connectivity index (χ1v) is 6.52. The summed E-state index contributed by atoms with van der Waals surface area (Å²) >= 11 is 0. The summed E-state index contributed by atoms with van der Waals surface area (Å²) in [5.74, 6) is 0.464. The van der Waals surface area contributed by atoms with Crippen LogP contribution in [0.1, 0.15) is 45.6 Å². The lowest BCUT2D eigenvalue weighted by atomic mass is 9.79. The van der Waals surface area contributed by atoms with E-state index in [1.54, 1.807) is 0 Å². The van der Waals surface area contributed by atoms with Gasteiger partial charge in [0, 0.05) is 17.0 Å². The third kappa shape index (κ3) is 2.53. The minimum absolute atomic E-state index is 0.201. The molecule has 2 nitrogen and oxygen atoms in total. The molecule has 0 spiro atoms. The monoisotopic (exact) mass is 243 g/mol. The Bertz CT molecular complexity index is 468. The highest BCUT2D eigenvalue weighted by Crippen LogP contribution is 2.35. The van der Waals surface area contributed by atoms with E-state index in [1.807, 2.05) is 45.9 Å². The van der Waals surface area contributed by atoms with Crippen LogP contribution in [0.2, 0.25) is 0 Å². The van der Waals surface area contributed by atoms with Crippen LogP contribution in [0, 0.1) is 5.41 Å². The van der Waals surface area contributed by atoms with Gasteiger partial charge in [-0.25, -0.2) is 0 Å². The highest BCUT2D eigenvalue weighted by molar-refractivity contribution is 5.96. The molecule has 18 heavy (non-hydrogen) atoms. The molecular formula is C16H21NO. The van der Waals surface area contributed by atoms with E-state index >= 15 is 0 Å². The maximum atomic E-state index is 12.5. The molecule has 2 rings (SSSR count). The van der Waals surface area contributed by atoms with E-state index in [0.717, 1.165) is 12.1 Å². The Morgan fingerprint density at radius 3 is 2.39 bits per heavy atom. The van der Waals surface area contributed by atoms with Crippen LogP contribution in [-0.4, -0.2) is 17.5 Å². The normalized spacial score (nSPS) is 23.9. The van der Waals surface area contributed by atoms with Crippen molar-refractivity contribution in [1.82, 2.24) is 0 Å². The van der Waals surface area contributed by atoms with E-state index in [2.05, 4.69) is 17.1 Å². The number of Topliss-reactive ketones (excluding diaryl/α,β-unsaturated/α-hetero) is 1. The van der Waals surface area contributed by atoms with Crippen molar-refractivity contribution in [1.29, 1.82) is 0 Å². The summed E-state index contributed by atoms with van der Waals surface area (Å²) in [4.78, 5) is 17.1. The molecule has 0 bridgehead atoms. The van der Waals surface area contributed by atoms with Crippen molar-refractivity contribution in [2.24, 2.45) is 10.4 Å². The number of hydrogen-bond acceptors (Lipinski definition) is 2. The van der Waals surface area contributed by atoms with Gasteiger partial charge in [-0.15, -0.1) is 0 Å². The molecule has 0 radical (unpaired) electrons. The summed E-state index contributed by atoms with van der Waals surface area (Å²) in [6, 6.07) is 10.1. The largest absolute Gasteiger partial charge is 0.297 e. The van der Waals surface area contributed by atoms with Crippen molar-refractivity contribution in [3.8, 4) is 0 Å². The maximum absolute atomic E-state index is 12.5. The molecule has 2 atom stereocenters. The van der Waals surface area contributed by atoms with Crippen LogP contribution in [0.25, 0.3) is 0 Å². The fourth-order valence-electron chi connectivity index (χ4n) is 2.50. The molecule has 0 N–H and O–H groups in total. The SMILES string of the molecule is CC1=NC(C(=O)C(C)(C)C)C(c2ccccc2)C1. The van der Waals surface area contributed by atoms with Gasteiger partial charge < -0.3 is 0 Å². The minimum Gasteiger partial charge on any atom is -0.297 e. The molecule has 0 aromatic heterocycles. The van der Waals surface area contributed by atoms with Gasteiger partial charge in [0.1, 0.15) is 6.04 Å². The zero-order valence-electron chi connectivity index (χ0n) is 11.6. The highest BCUT2D eigenvalue weighted by atomic mass is 16.1. The van der Waals surface area contributed by atoms with E-state index in [-0.39, 0.29) is 23.2 Å². The number of nitrogens with zero attached hydrogens (tertiary/aromatic N) is 1. The van der Waals surface area contributed by atoms with Gasteiger partial charge in [-0.05, 0) is 18.9 Å². The first kappa shape index (κ1) is 13.0. The minimum atomic E-state index is -0.328. The second-order valence-corrected chi connectivity index (χ2v) is 6.14. The Morgan fingerprint density at radius 1 is 1.22 bits per heavy atom. The van der Waals surface area contributed by atoms with Crippen molar-refractivity contribution in [2.75, 3.05) is 0 Å². The van der Waals surface area contributed by atoms with Gasteiger partial charge >= 0.3 is 0 Å². The Labute approximate surface area is 109 Å². The van der Waals surface area contributed by atoms with Gasteiger partial charge in [-0.3, -0.25) is 9.79 Å². The standard InChI is InChI=1S/C16H21NO/c1-11-10-13(12-8-6-5-7-9-12)14(17-11)15(18)16(2,3)4/h5-9,13-14H,10H2,1-4H3. The number of hydrogen-bond donors (Lipinski definition) is 0. The summed E-state index contributed by atoms with van der Waals surface area (Å²) in [7, 11) is 0. The lowest BCUT2D eigenvalue weighted by Crippen LogP contribution is -2.33. The Hall–Kier alpha value is -1.44. The van der Waals surface area contributed by atoms with Crippen LogP contribution >= 0.6 is 0 Å². The van der Waals surface area contributed by atoms with E-state index in [1.165, 1.54) is 5.56 Å². The van der Waals surface area contributed by atoms with Gasteiger partial charge in [-0.1, -0.05) is 51.1 Å². The van der Waals surface area contributed by atoms with Crippen LogP contribution in [0.5, 0.6) is 0 Å². The van der Waals surface area contributed by atoms with Gasteiger partial charge in [0.15, 0.2) is 5.78 Å². The number of aliphatic imine (C=N–C) groups is 1. The second kappa shape index (κ2) is 4.68. The van der Waals surface area contributed by atoms with Gasteiger partial charge in [0.2, 0.25) is 0 Å². The van der Waals surface area contributed by atoms with Crippen LogP contribution in [0.4, 0.5) is 0 Å². The smallest absolute Gasteiger partial charge is 0.163 e. The molecule has 0 fully saturated rings. The molecule has 1 heterocycles. The number of benzene rings is 1. The lowest BCUT2D eigenvalue weighted by Gasteiger charge is -2.24. The Balaban J connectivity index is 2.30. The molecular weight excluding hydrogens is 222 g/mol. The molecule has 0 amide bonds. The predicted octanol–water partition coefficient (Wildman–Crippen LogP) is 3.62. The summed E-state index contributed by atoms with van der Waals surface area (Å²) in [6.45, 7) is 7.94. The number of carbonyl (C=O) groups excluding carboxylic acids is 1. The summed E-state index contributed by atoms with van der Waals surface area (Å²) in [5.41, 5.74) is 1.98. The quantitative estimate of drug-likeness (QED) is 0.780. The van der Waals surface area contributed by atoms with Gasteiger partial charge in [0.05, 0.1) is 0 Å². The van der Waals surface area contributed by atoms with Crippen LogP contribution < -0.4 is 0 Å². The first-order valence-electron chi connectivity index (χ1n) is 6.52. The van der Waals surface area contributed by atoms with Gasteiger partial charge in [0.25, 0.3) is 0 Å². The zero-order valence-corrected chi connectivity index (χ0v) is 11.6. The fraction of sp³-hybridized carbons (Fsp3) is 0.500. The van der Waals surface area contributed by atoms with Crippen molar-refractivity contribution in [2.45, 2.75) is 46.1 Å². The summed E-state index contributed by atoms with van der Waals surface area (Å²) < 4.78 is 0. The molecule has 1 aromatic carbocycles. The summed E-state index contributed by atoms with van der Waals surface area (Å²) in [5, 5.41) is 0. The molecule has 2 heteroatoms. The van der Waals surface area contributed by atoms with Gasteiger partial charge in [-0.2, -0.15) is 0 Å². The second-order valence-electron chi connectivity index (χ2n) is 6.14. The van der Waals surface area contributed by atoms with Crippen LogP contribution in [0.3, 0.4) is 0 Å². The molecule has 1 aromatic rings. The molecule has 1 aliphatic rings. The van der Waals surface area contributed by atoms with Crippen molar-refractivity contribution in [3.05, 3.63) is 35.9 Å². The lowest BCUT2D eigenvalue weighted by molar-refractivity contribution is -0.127. The molecule has 2 unspecified atom stereocenters. The maximum Gasteiger partial charge on any atom is 0.163 e. The van der Waals surface area contributed by atoms with Crippen LogP contribution in [-0.2, 0) is 4.79 Å². The predicted molar refractivity (Wildman–Crippen MR) is 75.2 cm³/mol. The topological polar surface area (TPSA) is 29.4 Å². The zero-order chi connectivity index (χ0) is 13.3. The number of ketones is 1. The fourth-order valence-corrected chi connectivity index (χ4v) is 2.50. The Morgan fingerprint density at radius 2 is 1.83 bits per heavy atom. The molecule has 0 saturated heterocycles. The van der Waals surface area contributed by atoms with E-state index < -0.39 is 0 Å². The average Bonchev–Trinajstić information content (AvgIpc) is 2.70. The molecule has 96 valence electrons. The number of rotatable bonds is 2.